The van der Waals surface area contributed by atoms with Crippen molar-refractivity contribution in [2.24, 2.45) is 11.8 Å². The summed E-state index contributed by atoms with van der Waals surface area (Å²) in [5.74, 6) is -0.960. The summed E-state index contributed by atoms with van der Waals surface area (Å²) in [5.41, 5.74) is 1.86. The minimum atomic E-state index is -0.720. The molecule has 2 rings (SSSR count). The monoisotopic (exact) mass is 270 g/mol. The highest BCUT2D eigenvalue weighted by Gasteiger charge is 2.46. The van der Waals surface area contributed by atoms with Gasteiger partial charge in [-0.1, -0.05) is 68.0 Å². The fourth-order valence-electron chi connectivity index (χ4n) is 3.43. The third-order valence-corrected chi connectivity index (χ3v) is 4.69. The summed E-state index contributed by atoms with van der Waals surface area (Å²) in [4.78, 5) is 11.8. The number of carbonyl (C=O) groups is 1. The maximum Gasteiger partial charge on any atom is 0.307 e. The molecule has 0 spiro atoms. The summed E-state index contributed by atoms with van der Waals surface area (Å²) >= 11 is 0. The summed E-state index contributed by atoms with van der Waals surface area (Å²) in [7, 11) is 0. The lowest BCUT2D eigenvalue weighted by atomic mass is 9.59. The van der Waals surface area contributed by atoms with Gasteiger partial charge in [-0.3, -0.25) is 4.79 Å². The Kier molecular flexibility index (Phi) is 4.12. The van der Waals surface area contributed by atoms with Crippen molar-refractivity contribution in [2.75, 3.05) is 0 Å². The van der Waals surface area contributed by atoms with Gasteiger partial charge in [0.1, 0.15) is 0 Å². The molecule has 0 bridgehead atoms. The third kappa shape index (κ3) is 2.20. The fourth-order valence-corrected chi connectivity index (χ4v) is 3.43. The van der Waals surface area contributed by atoms with E-state index in [9.17, 15) is 9.90 Å². The highest BCUT2D eigenvalue weighted by Crippen LogP contribution is 2.47. The zero-order valence-electron chi connectivity index (χ0n) is 12.3. The van der Waals surface area contributed by atoms with Gasteiger partial charge < -0.3 is 5.11 Å². The molecule has 0 aliphatic heterocycles. The molecule has 0 fully saturated rings. The number of hydrogen-bond donors (Lipinski definition) is 1. The van der Waals surface area contributed by atoms with Gasteiger partial charge in [0.2, 0.25) is 0 Å². The van der Waals surface area contributed by atoms with Crippen LogP contribution in [0.2, 0.25) is 0 Å². The molecule has 106 valence electrons. The zero-order chi connectivity index (χ0) is 14.8. The summed E-state index contributed by atoms with van der Waals surface area (Å²) in [6.07, 6.45) is 6.79. The minimum absolute atomic E-state index is 0.177. The fraction of sp³-hybridized carbons (Fsp3) is 0.389. The molecule has 0 radical (unpaired) electrons. The summed E-state index contributed by atoms with van der Waals surface area (Å²) in [6, 6.07) is 10.0. The largest absolute Gasteiger partial charge is 0.481 e. The van der Waals surface area contributed by atoms with E-state index in [0.29, 0.717) is 6.42 Å². The molecule has 0 saturated carbocycles. The van der Waals surface area contributed by atoms with E-state index in [1.54, 1.807) is 0 Å². The lowest BCUT2D eigenvalue weighted by molar-refractivity contribution is -0.144. The first-order valence-corrected chi connectivity index (χ1v) is 7.18. The van der Waals surface area contributed by atoms with Crippen LogP contribution in [-0.2, 0) is 10.2 Å². The molecular formula is C18H22O2. The first kappa shape index (κ1) is 14.6. The van der Waals surface area contributed by atoms with Gasteiger partial charge in [0.15, 0.2) is 0 Å². The average Bonchev–Trinajstić information content (AvgIpc) is 2.45. The van der Waals surface area contributed by atoms with Crippen LogP contribution in [0.4, 0.5) is 0 Å². The molecule has 0 heterocycles. The molecule has 1 aromatic rings. The molecule has 1 N–H and O–H groups in total. The molecule has 3 atom stereocenters. The predicted octanol–water partition coefficient (Wildman–Crippen LogP) is 4.19. The molecule has 2 heteroatoms. The number of allylic oxidation sites excluding steroid dienone is 4. The second kappa shape index (κ2) is 5.66. The van der Waals surface area contributed by atoms with Crippen LogP contribution in [0.1, 0.15) is 32.8 Å². The number of rotatable bonds is 4. The number of benzene rings is 1. The highest BCUT2D eigenvalue weighted by atomic mass is 16.4. The second-order valence-corrected chi connectivity index (χ2v) is 5.59. The SMILES string of the molecule is CCC(C(=O)O)C1(c2ccccc2)C=CC=C(C)C1C. The van der Waals surface area contributed by atoms with Crippen molar-refractivity contribution in [3.8, 4) is 0 Å². The van der Waals surface area contributed by atoms with Crippen LogP contribution in [0.3, 0.4) is 0 Å². The van der Waals surface area contributed by atoms with E-state index >= 15 is 0 Å². The van der Waals surface area contributed by atoms with Crippen molar-refractivity contribution in [1.29, 1.82) is 0 Å². The quantitative estimate of drug-likeness (QED) is 0.890. The van der Waals surface area contributed by atoms with Gasteiger partial charge in [-0.15, -0.1) is 0 Å². The minimum Gasteiger partial charge on any atom is -0.481 e. The van der Waals surface area contributed by atoms with Crippen molar-refractivity contribution in [1.82, 2.24) is 0 Å². The lowest BCUT2D eigenvalue weighted by Crippen LogP contribution is -2.44. The van der Waals surface area contributed by atoms with Crippen LogP contribution in [0.25, 0.3) is 0 Å². The van der Waals surface area contributed by atoms with Crippen LogP contribution in [-0.4, -0.2) is 11.1 Å². The van der Waals surface area contributed by atoms with Crippen LogP contribution < -0.4 is 0 Å². The molecule has 0 aromatic heterocycles. The van der Waals surface area contributed by atoms with Crippen LogP contribution >= 0.6 is 0 Å². The Morgan fingerprint density at radius 1 is 1.35 bits per heavy atom. The Labute approximate surface area is 120 Å². The Balaban J connectivity index is 2.64. The summed E-state index contributed by atoms with van der Waals surface area (Å²) < 4.78 is 0. The van der Waals surface area contributed by atoms with E-state index < -0.39 is 17.3 Å². The normalized spacial score (nSPS) is 26.9. The Morgan fingerprint density at radius 2 is 2.00 bits per heavy atom. The van der Waals surface area contributed by atoms with Gasteiger partial charge in [0, 0.05) is 5.41 Å². The van der Waals surface area contributed by atoms with E-state index in [1.165, 1.54) is 5.57 Å². The van der Waals surface area contributed by atoms with Gasteiger partial charge in [0.05, 0.1) is 5.92 Å². The third-order valence-electron chi connectivity index (χ3n) is 4.69. The van der Waals surface area contributed by atoms with E-state index in [2.05, 4.69) is 26.0 Å². The van der Waals surface area contributed by atoms with Gasteiger partial charge >= 0.3 is 5.97 Å². The molecular weight excluding hydrogens is 248 g/mol. The van der Waals surface area contributed by atoms with Crippen LogP contribution in [0.15, 0.2) is 54.1 Å². The summed E-state index contributed by atoms with van der Waals surface area (Å²) in [6.45, 7) is 6.17. The average molecular weight is 270 g/mol. The number of hydrogen-bond acceptors (Lipinski definition) is 1. The van der Waals surface area contributed by atoms with E-state index in [1.807, 2.05) is 43.3 Å². The van der Waals surface area contributed by atoms with Gasteiger partial charge in [-0.2, -0.15) is 0 Å². The van der Waals surface area contributed by atoms with Crippen molar-refractivity contribution in [3.05, 3.63) is 59.7 Å². The topological polar surface area (TPSA) is 37.3 Å². The highest BCUT2D eigenvalue weighted by molar-refractivity contribution is 5.74. The second-order valence-electron chi connectivity index (χ2n) is 5.59. The van der Waals surface area contributed by atoms with Gasteiger partial charge in [-0.05, 0) is 24.8 Å². The molecule has 1 aliphatic carbocycles. The molecule has 0 amide bonds. The molecule has 1 aliphatic rings. The maximum atomic E-state index is 11.8. The Morgan fingerprint density at radius 3 is 2.55 bits per heavy atom. The first-order chi connectivity index (χ1) is 9.54. The Hall–Kier alpha value is -1.83. The number of carboxylic acid groups (broad SMARTS) is 1. The molecule has 0 saturated heterocycles. The van der Waals surface area contributed by atoms with Crippen LogP contribution in [0, 0.1) is 11.8 Å². The van der Waals surface area contributed by atoms with E-state index in [4.69, 9.17) is 0 Å². The Bertz CT molecular complexity index is 542. The molecule has 1 aromatic carbocycles. The smallest absolute Gasteiger partial charge is 0.307 e. The van der Waals surface area contributed by atoms with Gasteiger partial charge in [-0.25, -0.2) is 0 Å². The molecule has 20 heavy (non-hydrogen) atoms. The molecule has 2 nitrogen and oxygen atoms in total. The van der Waals surface area contributed by atoms with Crippen molar-refractivity contribution in [3.63, 3.8) is 0 Å². The van der Waals surface area contributed by atoms with Crippen molar-refractivity contribution in [2.45, 2.75) is 32.6 Å². The van der Waals surface area contributed by atoms with Crippen LogP contribution in [0.5, 0.6) is 0 Å². The number of aliphatic carboxylic acids is 1. The summed E-state index contributed by atoms with van der Waals surface area (Å²) in [5, 5.41) is 9.70. The maximum absolute atomic E-state index is 11.8. The van der Waals surface area contributed by atoms with E-state index in [-0.39, 0.29) is 5.92 Å². The predicted molar refractivity (Wildman–Crippen MR) is 81.6 cm³/mol. The number of carboxylic acids is 1. The molecule has 3 unspecified atom stereocenters. The van der Waals surface area contributed by atoms with Gasteiger partial charge in [0.25, 0.3) is 0 Å². The van der Waals surface area contributed by atoms with E-state index in [0.717, 1.165) is 5.56 Å². The van der Waals surface area contributed by atoms with Crippen molar-refractivity contribution >= 4 is 5.97 Å². The standard InChI is InChI=1S/C18H22O2/c1-4-16(17(19)20)18(15-10-6-5-7-11-15)12-8-9-13(2)14(18)3/h5-12,14,16H,4H2,1-3H3,(H,19,20). The lowest BCUT2D eigenvalue weighted by Gasteiger charge is -2.43. The van der Waals surface area contributed by atoms with Crippen molar-refractivity contribution < 1.29 is 9.90 Å². The zero-order valence-corrected chi connectivity index (χ0v) is 12.3. The first-order valence-electron chi connectivity index (χ1n) is 7.18.